The molecule has 0 spiro atoms. The Hall–Kier alpha value is -2.04. The molecule has 1 aliphatic carbocycles. The Labute approximate surface area is 119 Å². The predicted molar refractivity (Wildman–Crippen MR) is 71.2 cm³/mol. The van der Waals surface area contributed by atoms with Crippen LogP contribution in [0.2, 0.25) is 0 Å². The van der Waals surface area contributed by atoms with Gasteiger partial charge in [-0.1, -0.05) is 12.6 Å². The van der Waals surface area contributed by atoms with E-state index in [0.29, 0.717) is 41.7 Å². The number of ketones is 1. The van der Waals surface area contributed by atoms with Gasteiger partial charge >= 0.3 is 6.18 Å². The predicted octanol–water partition coefficient (Wildman–Crippen LogP) is 4.43. The number of alkyl halides is 3. The monoisotopic (exact) mass is 294 g/mol. The van der Waals surface area contributed by atoms with E-state index in [1.807, 2.05) is 0 Å². The fourth-order valence-corrected chi connectivity index (χ4v) is 2.83. The number of ether oxygens (including phenoxy) is 1. The van der Waals surface area contributed by atoms with Gasteiger partial charge in [-0.15, -0.1) is 0 Å². The minimum atomic E-state index is -4.42. The molecule has 110 valence electrons. The maximum atomic E-state index is 12.9. The van der Waals surface area contributed by atoms with Gasteiger partial charge in [0.2, 0.25) is 0 Å². The lowest BCUT2D eigenvalue weighted by atomic mass is 9.84. The molecular formula is C16H13F3O2. The van der Waals surface area contributed by atoms with Crippen LogP contribution < -0.4 is 0 Å². The summed E-state index contributed by atoms with van der Waals surface area (Å²) in [6.07, 6.45) is -1.87. The van der Waals surface area contributed by atoms with E-state index in [0.717, 1.165) is 12.1 Å². The fourth-order valence-electron chi connectivity index (χ4n) is 2.83. The molecule has 0 aromatic heterocycles. The zero-order valence-corrected chi connectivity index (χ0v) is 11.2. The second kappa shape index (κ2) is 4.76. The molecule has 21 heavy (non-hydrogen) atoms. The van der Waals surface area contributed by atoms with Crippen molar-refractivity contribution in [2.24, 2.45) is 0 Å². The number of benzene rings is 1. The minimum absolute atomic E-state index is 0.0697. The Kier molecular flexibility index (Phi) is 3.15. The summed E-state index contributed by atoms with van der Waals surface area (Å²) in [7, 11) is 0. The van der Waals surface area contributed by atoms with Crippen molar-refractivity contribution in [1.29, 1.82) is 0 Å². The van der Waals surface area contributed by atoms with Crippen LogP contribution in [0.1, 0.15) is 42.1 Å². The second-order valence-electron chi connectivity index (χ2n) is 5.15. The second-order valence-corrected chi connectivity index (χ2v) is 5.15. The molecule has 1 aliphatic heterocycles. The zero-order valence-electron chi connectivity index (χ0n) is 11.2. The van der Waals surface area contributed by atoms with Crippen molar-refractivity contribution in [2.75, 3.05) is 0 Å². The Balaban J connectivity index is 2.19. The smallest absolute Gasteiger partial charge is 0.416 e. The summed E-state index contributed by atoms with van der Waals surface area (Å²) in [4.78, 5) is 12.1. The molecule has 2 aliphatic rings. The van der Waals surface area contributed by atoms with Crippen molar-refractivity contribution in [2.45, 2.75) is 31.5 Å². The van der Waals surface area contributed by atoms with E-state index in [9.17, 15) is 18.0 Å². The van der Waals surface area contributed by atoms with Gasteiger partial charge in [0, 0.05) is 18.4 Å². The van der Waals surface area contributed by atoms with Gasteiger partial charge < -0.3 is 4.74 Å². The number of hydrogen-bond donors (Lipinski definition) is 0. The van der Waals surface area contributed by atoms with Crippen LogP contribution in [0, 0.1) is 0 Å². The molecule has 0 radical (unpaired) electrons. The Bertz CT molecular complexity index is 656. The molecule has 0 bridgehead atoms. The standard InChI is InChI=1S/C16H13F3O2/c1-2-13-11-8-9(16(17,18)19)6-7-10(11)15-12(20)4-3-5-14(15)21-13/h2,6-8,13H,1,3-5H2. The van der Waals surface area contributed by atoms with Crippen LogP contribution in [0.15, 0.2) is 36.6 Å². The lowest BCUT2D eigenvalue weighted by molar-refractivity contribution is -0.137. The number of halogens is 3. The van der Waals surface area contributed by atoms with Gasteiger partial charge in [0.25, 0.3) is 0 Å². The number of carbonyl (C=O) groups excluding carboxylic acids is 1. The summed E-state index contributed by atoms with van der Waals surface area (Å²) in [6.45, 7) is 3.62. The van der Waals surface area contributed by atoms with Gasteiger partial charge in [0.15, 0.2) is 5.78 Å². The lowest BCUT2D eigenvalue weighted by Gasteiger charge is -2.31. The topological polar surface area (TPSA) is 26.3 Å². The highest BCUT2D eigenvalue weighted by Gasteiger charge is 2.36. The van der Waals surface area contributed by atoms with Crippen molar-refractivity contribution in [3.05, 3.63) is 53.3 Å². The van der Waals surface area contributed by atoms with E-state index < -0.39 is 17.8 Å². The van der Waals surface area contributed by atoms with Crippen LogP contribution in [-0.2, 0) is 15.7 Å². The number of allylic oxidation sites excluding steroid dienone is 2. The van der Waals surface area contributed by atoms with Gasteiger partial charge in [-0.05, 0) is 30.2 Å². The maximum Gasteiger partial charge on any atom is 0.416 e. The van der Waals surface area contributed by atoms with Gasteiger partial charge in [-0.2, -0.15) is 13.2 Å². The normalized spacial score (nSPS) is 21.5. The van der Waals surface area contributed by atoms with Gasteiger partial charge in [0.1, 0.15) is 11.9 Å². The quantitative estimate of drug-likeness (QED) is 0.716. The molecule has 0 saturated carbocycles. The van der Waals surface area contributed by atoms with Gasteiger partial charge in [-0.25, -0.2) is 0 Å². The molecule has 1 heterocycles. The summed E-state index contributed by atoms with van der Waals surface area (Å²) in [6, 6.07) is 3.43. The molecule has 3 rings (SSSR count). The molecule has 1 aromatic rings. The van der Waals surface area contributed by atoms with E-state index in [1.54, 1.807) is 0 Å². The fraction of sp³-hybridized carbons (Fsp3) is 0.312. The van der Waals surface area contributed by atoms with E-state index in [2.05, 4.69) is 6.58 Å². The van der Waals surface area contributed by atoms with E-state index >= 15 is 0 Å². The van der Waals surface area contributed by atoms with Crippen molar-refractivity contribution in [1.82, 2.24) is 0 Å². The highest BCUT2D eigenvalue weighted by Crippen LogP contribution is 2.44. The first-order valence-electron chi connectivity index (χ1n) is 6.69. The third kappa shape index (κ3) is 2.26. The number of hydrogen-bond acceptors (Lipinski definition) is 2. The Morgan fingerprint density at radius 2 is 2.05 bits per heavy atom. The molecule has 1 aromatic carbocycles. The minimum Gasteiger partial charge on any atom is -0.485 e. The SMILES string of the molecule is C=CC1OC2=C(C(=O)CCC2)c2ccc(C(F)(F)F)cc21. The van der Waals surface area contributed by atoms with Gasteiger partial charge in [0.05, 0.1) is 11.1 Å². The number of carbonyl (C=O) groups is 1. The first-order chi connectivity index (χ1) is 9.91. The van der Waals surface area contributed by atoms with Crippen molar-refractivity contribution in [3.8, 4) is 0 Å². The molecule has 0 fully saturated rings. The average Bonchev–Trinajstić information content (AvgIpc) is 2.44. The lowest BCUT2D eigenvalue weighted by Crippen LogP contribution is -2.21. The number of rotatable bonds is 1. The largest absolute Gasteiger partial charge is 0.485 e. The first-order valence-corrected chi connectivity index (χ1v) is 6.69. The zero-order chi connectivity index (χ0) is 15.2. The molecular weight excluding hydrogens is 281 g/mol. The van der Waals surface area contributed by atoms with Crippen LogP contribution >= 0.6 is 0 Å². The van der Waals surface area contributed by atoms with E-state index in [-0.39, 0.29) is 5.78 Å². The van der Waals surface area contributed by atoms with Crippen LogP contribution in [-0.4, -0.2) is 5.78 Å². The van der Waals surface area contributed by atoms with Crippen molar-refractivity contribution >= 4 is 11.4 Å². The third-order valence-corrected chi connectivity index (χ3v) is 3.80. The maximum absolute atomic E-state index is 12.9. The molecule has 5 heteroatoms. The summed E-state index contributed by atoms with van der Waals surface area (Å²) in [5, 5.41) is 0. The summed E-state index contributed by atoms with van der Waals surface area (Å²) in [5.41, 5.74) is 0.583. The van der Waals surface area contributed by atoms with Crippen LogP contribution in [0.5, 0.6) is 0 Å². The molecule has 2 nitrogen and oxygen atoms in total. The van der Waals surface area contributed by atoms with Gasteiger partial charge in [-0.3, -0.25) is 4.79 Å². The third-order valence-electron chi connectivity index (χ3n) is 3.80. The highest BCUT2D eigenvalue weighted by atomic mass is 19.4. The first kappa shape index (κ1) is 13.9. The highest BCUT2D eigenvalue weighted by molar-refractivity contribution is 6.22. The van der Waals surface area contributed by atoms with Crippen LogP contribution in [0.4, 0.5) is 13.2 Å². The molecule has 0 N–H and O–H groups in total. The molecule has 0 saturated heterocycles. The summed E-state index contributed by atoms with van der Waals surface area (Å²) in [5.74, 6) is 0.503. The van der Waals surface area contributed by atoms with E-state index in [4.69, 9.17) is 4.74 Å². The molecule has 0 amide bonds. The van der Waals surface area contributed by atoms with Crippen LogP contribution in [0.25, 0.3) is 5.57 Å². The average molecular weight is 294 g/mol. The van der Waals surface area contributed by atoms with Crippen molar-refractivity contribution < 1.29 is 22.7 Å². The summed E-state index contributed by atoms with van der Waals surface area (Å²) < 4.78 is 44.2. The Morgan fingerprint density at radius 1 is 1.29 bits per heavy atom. The van der Waals surface area contributed by atoms with Crippen molar-refractivity contribution in [3.63, 3.8) is 0 Å². The summed E-state index contributed by atoms with van der Waals surface area (Å²) >= 11 is 0. The Morgan fingerprint density at radius 3 is 2.71 bits per heavy atom. The number of Topliss-reactive ketones (excluding diaryl/α,β-unsaturated/α-hetero) is 1. The number of fused-ring (bicyclic) bond motifs is 2. The van der Waals surface area contributed by atoms with Crippen LogP contribution in [0.3, 0.4) is 0 Å². The van der Waals surface area contributed by atoms with E-state index in [1.165, 1.54) is 12.1 Å². The molecule has 1 unspecified atom stereocenters. The molecule has 1 atom stereocenters.